The van der Waals surface area contributed by atoms with Crippen molar-refractivity contribution >= 4 is 23.7 Å². The molecule has 1 aromatic heterocycles. The highest BCUT2D eigenvalue weighted by Gasteiger charge is 2.07. The van der Waals surface area contributed by atoms with Crippen molar-refractivity contribution in [3.05, 3.63) is 0 Å². The lowest BCUT2D eigenvalue weighted by atomic mass is 10.4. The summed E-state index contributed by atoms with van der Waals surface area (Å²) in [4.78, 5) is 11.9. The fourth-order valence-electron chi connectivity index (χ4n) is 1.08. The van der Waals surface area contributed by atoms with Crippen LogP contribution in [0.25, 0.3) is 0 Å². The van der Waals surface area contributed by atoms with E-state index in [2.05, 4.69) is 34.1 Å². The molecule has 3 N–H and O–H groups in total. The van der Waals surface area contributed by atoms with Gasteiger partial charge in [-0.25, -0.2) is 0 Å². The van der Waals surface area contributed by atoms with Gasteiger partial charge in [-0.3, -0.25) is 0 Å². The van der Waals surface area contributed by atoms with Gasteiger partial charge in [-0.1, -0.05) is 6.92 Å². The maximum Gasteiger partial charge on any atom is 0.322 e. The first-order chi connectivity index (χ1) is 7.65. The Bertz CT molecular complexity index is 336. The average molecular weight is 243 g/mol. The predicted molar refractivity (Wildman–Crippen MR) is 66.9 cm³/mol. The lowest BCUT2D eigenvalue weighted by molar-refractivity contribution is 0.379. The number of rotatable bonds is 6. The minimum atomic E-state index is 0.157. The number of aromatic nitrogens is 3. The Hall–Kier alpha value is -1.24. The van der Waals surface area contributed by atoms with Crippen molar-refractivity contribution in [3.8, 4) is 6.01 Å². The Morgan fingerprint density at radius 2 is 2.19 bits per heavy atom. The summed E-state index contributed by atoms with van der Waals surface area (Å²) in [5.74, 6) is 2.69. The minimum Gasteiger partial charge on any atom is -0.467 e. The number of nitrogens with two attached hydrogens (primary N) is 1. The van der Waals surface area contributed by atoms with Gasteiger partial charge in [0.1, 0.15) is 0 Å². The topological polar surface area (TPSA) is 86.0 Å². The van der Waals surface area contributed by atoms with Crippen LogP contribution in [0.4, 0.5) is 11.9 Å². The fraction of sp³-hybridized carbons (Fsp3) is 0.667. The summed E-state index contributed by atoms with van der Waals surface area (Å²) >= 11 is 1.85. The second kappa shape index (κ2) is 6.37. The van der Waals surface area contributed by atoms with E-state index in [0.29, 0.717) is 5.95 Å². The van der Waals surface area contributed by atoms with E-state index in [1.54, 1.807) is 0 Å². The Kier molecular flexibility index (Phi) is 5.10. The van der Waals surface area contributed by atoms with Gasteiger partial charge in [-0.2, -0.15) is 26.7 Å². The Morgan fingerprint density at radius 1 is 1.44 bits per heavy atom. The van der Waals surface area contributed by atoms with Crippen molar-refractivity contribution in [3.63, 3.8) is 0 Å². The third-order valence-electron chi connectivity index (χ3n) is 1.76. The van der Waals surface area contributed by atoms with Crippen LogP contribution in [0.1, 0.15) is 13.8 Å². The van der Waals surface area contributed by atoms with Crippen LogP contribution in [-0.2, 0) is 0 Å². The van der Waals surface area contributed by atoms with Crippen LogP contribution < -0.4 is 15.8 Å². The number of nitrogens with zero attached hydrogens (tertiary/aromatic N) is 3. The summed E-state index contributed by atoms with van der Waals surface area (Å²) in [6, 6.07) is 0.502. The van der Waals surface area contributed by atoms with Gasteiger partial charge in [-0.15, -0.1) is 0 Å². The monoisotopic (exact) mass is 243 g/mol. The van der Waals surface area contributed by atoms with E-state index in [1.807, 2.05) is 11.8 Å². The van der Waals surface area contributed by atoms with Crippen LogP contribution >= 0.6 is 11.8 Å². The van der Waals surface area contributed by atoms with Crippen molar-refractivity contribution in [1.29, 1.82) is 0 Å². The number of thioether (sulfide) groups is 1. The van der Waals surface area contributed by atoms with Crippen LogP contribution in [0.5, 0.6) is 6.01 Å². The Labute approximate surface area is 99.4 Å². The van der Waals surface area contributed by atoms with E-state index in [-0.39, 0.29) is 18.0 Å². The summed E-state index contributed by atoms with van der Waals surface area (Å²) in [5.41, 5.74) is 5.52. The molecule has 0 saturated carbocycles. The number of ether oxygens (including phenoxy) is 1. The number of anilines is 2. The summed E-state index contributed by atoms with van der Waals surface area (Å²) < 4.78 is 4.91. The van der Waals surface area contributed by atoms with Crippen molar-refractivity contribution in [2.75, 3.05) is 29.7 Å². The fourth-order valence-corrected chi connectivity index (χ4v) is 1.76. The van der Waals surface area contributed by atoms with Crippen LogP contribution in [-0.4, -0.2) is 39.6 Å². The number of nitrogen functional groups attached to an aromatic ring is 1. The Morgan fingerprint density at radius 3 is 2.81 bits per heavy atom. The zero-order valence-electron chi connectivity index (χ0n) is 9.73. The van der Waals surface area contributed by atoms with E-state index in [9.17, 15) is 0 Å². The molecule has 6 nitrogen and oxygen atoms in total. The molecule has 0 aromatic carbocycles. The largest absolute Gasteiger partial charge is 0.467 e. The van der Waals surface area contributed by atoms with E-state index in [0.717, 1.165) is 11.5 Å². The van der Waals surface area contributed by atoms with Crippen molar-refractivity contribution in [2.24, 2.45) is 0 Å². The summed E-state index contributed by atoms with van der Waals surface area (Å²) in [6.45, 7) is 4.19. The summed E-state index contributed by atoms with van der Waals surface area (Å²) in [6.07, 6.45) is 0. The van der Waals surface area contributed by atoms with Crippen molar-refractivity contribution in [2.45, 2.75) is 19.9 Å². The van der Waals surface area contributed by atoms with Crippen molar-refractivity contribution in [1.82, 2.24) is 15.0 Å². The standard InChI is InChI=1S/C9H17N5OS/c1-4-16-5-6(2)11-8-12-7(10)13-9(14-8)15-3/h6H,4-5H2,1-3H3,(H3,10,11,12,13,14). The van der Waals surface area contributed by atoms with Gasteiger partial charge in [0.2, 0.25) is 11.9 Å². The highest BCUT2D eigenvalue weighted by Crippen LogP contribution is 2.11. The molecule has 1 unspecified atom stereocenters. The van der Waals surface area contributed by atoms with Gasteiger partial charge in [0.25, 0.3) is 0 Å². The van der Waals surface area contributed by atoms with Gasteiger partial charge < -0.3 is 15.8 Å². The Balaban J connectivity index is 2.61. The smallest absolute Gasteiger partial charge is 0.322 e. The molecule has 0 aliphatic rings. The molecule has 0 fully saturated rings. The maximum atomic E-state index is 5.52. The van der Waals surface area contributed by atoms with E-state index >= 15 is 0 Å². The lowest BCUT2D eigenvalue weighted by Gasteiger charge is -2.13. The second-order valence-electron chi connectivity index (χ2n) is 3.21. The third-order valence-corrected chi connectivity index (χ3v) is 2.91. The number of hydrogen-bond acceptors (Lipinski definition) is 7. The molecule has 0 bridgehead atoms. The van der Waals surface area contributed by atoms with E-state index in [1.165, 1.54) is 7.11 Å². The molecule has 16 heavy (non-hydrogen) atoms. The molecule has 90 valence electrons. The lowest BCUT2D eigenvalue weighted by Crippen LogP contribution is -2.20. The molecular formula is C9H17N5OS. The molecule has 1 heterocycles. The highest BCUT2D eigenvalue weighted by atomic mass is 32.2. The first kappa shape index (κ1) is 12.8. The molecule has 0 amide bonds. The number of methoxy groups -OCH3 is 1. The second-order valence-corrected chi connectivity index (χ2v) is 4.53. The SMILES string of the molecule is CCSCC(C)Nc1nc(N)nc(OC)n1. The first-order valence-corrected chi connectivity index (χ1v) is 6.21. The van der Waals surface area contributed by atoms with E-state index in [4.69, 9.17) is 10.5 Å². The number of hydrogen-bond donors (Lipinski definition) is 2. The molecule has 7 heteroatoms. The maximum absolute atomic E-state index is 5.52. The zero-order chi connectivity index (χ0) is 12.0. The van der Waals surface area contributed by atoms with Crippen LogP contribution in [0.2, 0.25) is 0 Å². The van der Waals surface area contributed by atoms with Crippen LogP contribution in [0.3, 0.4) is 0 Å². The molecule has 0 aliphatic carbocycles. The summed E-state index contributed by atoms with van der Waals surface area (Å²) in [7, 11) is 1.49. The van der Waals surface area contributed by atoms with Gasteiger partial charge in [0.15, 0.2) is 0 Å². The zero-order valence-corrected chi connectivity index (χ0v) is 10.5. The number of nitrogens with one attached hydrogen (secondary N) is 1. The quantitative estimate of drug-likeness (QED) is 0.771. The van der Waals surface area contributed by atoms with Gasteiger partial charge in [0.05, 0.1) is 7.11 Å². The third kappa shape index (κ3) is 4.09. The van der Waals surface area contributed by atoms with Gasteiger partial charge >= 0.3 is 6.01 Å². The molecular weight excluding hydrogens is 226 g/mol. The molecule has 0 aliphatic heterocycles. The average Bonchev–Trinajstić information content (AvgIpc) is 2.25. The van der Waals surface area contributed by atoms with Gasteiger partial charge in [0, 0.05) is 11.8 Å². The molecule has 0 spiro atoms. The van der Waals surface area contributed by atoms with E-state index < -0.39 is 0 Å². The molecule has 1 atom stereocenters. The van der Waals surface area contributed by atoms with Crippen LogP contribution in [0, 0.1) is 0 Å². The van der Waals surface area contributed by atoms with Gasteiger partial charge in [-0.05, 0) is 12.7 Å². The summed E-state index contributed by atoms with van der Waals surface area (Å²) in [5, 5.41) is 3.15. The molecule has 1 aromatic rings. The predicted octanol–water partition coefficient (Wildman–Crippen LogP) is 1.02. The molecule has 1 rings (SSSR count). The van der Waals surface area contributed by atoms with Crippen molar-refractivity contribution < 1.29 is 4.74 Å². The molecule has 0 saturated heterocycles. The minimum absolute atomic E-state index is 0.157. The highest BCUT2D eigenvalue weighted by molar-refractivity contribution is 7.99. The van der Waals surface area contributed by atoms with Crippen LogP contribution in [0.15, 0.2) is 0 Å². The molecule has 0 radical (unpaired) electrons. The normalized spacial score (nSPS) is 12.2. The first-order valence-electron chi connectivity index (χ1n) is 5.05.